The van der Waals surface area contributed by atoms with Crippen LogP contribution >= 0.6 is 0 Å². The van der Waals surface area contributed by atoms with Gasteiger partial charge in [0.1, 0.15) is 0 Å². The van der Waals surface area contributed by atoms with Crippen LogP contribution in [0.25, 0.3) is 54.7 Å². The summed E-state index contributed by atoms with van der Waals surface area (Å²) in [5.74, 6) is 0. The van der Waals surface area contributed by atoms with Crippen LogP contribution in [-0.4, -0.2) is 9.13 Å². The van der Waals surface area contributed by atoms with Crippen LogP contribution in [0.5, 0.6) is 0 Å². The quantitative estimate of drug-likeness (QED) is 0.160. The zero-order chi connectivity index (χ0) is 40.7. The van der Waals surface area contributed by atoms with E-state index in [1.54, 1.807) is 0 Å². The number of aromatic nitrogens is 2. The second kappa shape index (κ2) is 13.6. The van der Waals surface area contributed by atoms with Crippen molar-refractivity contribution in [3.05, 3.63) is 230 Å². The maximum absolute atomic E-state index is 2.49. The van der Waals surface area contributed by atoms with Gasteiger partial charge >= 0.3 is 0 Å². The van der Waals surface area contributed by atoms with Crippen LogP contribution in [0.3, 0.4) is 0 Å². The number of rotatable bonds is 7. The first-order valence-corrected chi connectivity index (χ1v) is 21.1. The van der Waals surface area contributed by atoms with Crippen LogP contribution in [0.2, 0.25) is 0 Å². The summed E-state index contributed by atoms with van der Waals surface area (Å²) in [6, 6.07) is 75.1. The summed E-state index contributed by atoms with van der Waals surface area (Å²) in [7, 11) is 0. The van der Waals surface area contributed by atoms with Crippen molar-refractivity contribution in [2.75, 3.05) is 9.80 Å². The molecule has 0 radical (unpaired) electrons. The first kappa shape index (κ1) is 35.2. The predicted octanol–water partition coefficient (Wildman–Crippen LogP) is 15.5. The van der Waals surface area contributed by atoms with E-state index in [-0.39, 0.29) is 5.41 Å². The highest BCUT2D eigenvalue weighted by molar-refractivity contribution is 6.12. The second-order valence-electron chi connectivity index (χ2n) is 16.7. The second-order valence-corrected chi connectivity index (χ2v) is 16.7. The molecule has 0 saturated carbocycles. The van der Waals surface area contributed by atoms with E-state index in [9.17, 15) is 0 Å². The van der Waals surface area contributed by atoms with Crippen molar-refractivity contribution >= 4 is 77.5 Å². The van der Waals surface area contributed by atoms with Crippen LogP contribution in [-0.2, 0) is 5.41 Å². The molecule has 1 aliphatic heterocycles. The Labute approximate surface area is 355 Å². The molecule has 4 heteroatoms. The Hall–Kier alpha value is -7.82. The van der Waals surface area contributed by atoms with Crippen LogP contribution < -0.4 is 9.80 Å². The fourth-order valence-electron chi connectivity index (χ4n) is 9.87. The van der Waals surface area contributed by atoms with Gasteiger partial charge in [0, 0.05) is 57.0 Å². The Morgan fingerprint density at radius 1 is 0.393 bits per heavy atom. The van der Waals surface area contributed by atoms with Gasteiger partial charge in [-0.2, -0.15) is 0 Å². The standard InChI is InChI=1S/C57H42N4/c1-57(2)50-26-14-16-28-53(50)61-52-27-15-13-25-48(52)49-35-47(36-51(57)56(49)61)58-37-54(59(43-21-5-3-6-22-43)45-31-29-39-17-9-11-19-41(39)33-45)55(38-58)60(44-23-7-4-8-24-44)46-32-30-40-18-10-12-20-42(40)34-46/h3-38H,1-2H3. The lowest BCUT2D eigenvalue weighted by Crippen LogP contribution is -2.26. The van der Waals surface area contributed by atoms with Crippen molar-refractivity contribution in [3.8, 4) is 11.4 Å². The molecule has 9 aromatic carbocycles. The third kappa shape index (κ3) is 5.53. The van der Waals surface area contributed by atoms with Gasteiger partial charge in [0.2, 0.25) is 0 Å². The maximum atomic E-state index is 2.49. The Bertz CT molecular complexity index is 3330. The summed E-state index contributed by atoms with van der Waals surface area (Å²) >= 11 is 0. The molecule has 11 aromatic rings. The van der Waals surface area contributed by atoms with Crippen LogP contribution in [0.4, 0.5) is 34.1 Å². The van der Waals surface area contributed by atoms with Gasteiger partial charge in [-0.1, -0.05) is 147 Å². The van der Waals surface area contributed by atoms with Gasteiger partial charge < -0.3 is 18.9 Å². The molecule has 0 atom stereocenters. The molecule has 4 nitrogen and oxygen atoms in total. The normalized spacial score (nSPS) is 12.9. The Kier molecular flexibility index (Phi) is 7.85. The molecule has 61 heavy (non-hydrogen) atoms. The SMILES string of the molecule is CC1(C)c2ccccc2-n2c3ccccc3c3cc(-n4cc(N(c5ccccc5)c5ccc6ccccc6c5)c(N(c5ccccc5)c5ccc6ccccc6c5)c4)cc1c32. The molecule has 1 aliphatic rings. The summed E-state index contributed by atoms with van der Waals surface area (Å²) in [4.78, 5) is 4.84. The third-order valence-electron chi connectivity index (χ3n) is 12.8. The van der Waals surface area contributed by atoms with Crippen molar-refractivity contribution < 1.29 is 0 Å². The molecule has 0 aliphatic carbocycles. The number of fused-ring (bicyclic) bond motifs is 7. The van der Waals surface area contributed by atoms with E-state index in [0.29, 0.717) is 0 Å². The number of hydrogen-bond acceptors (Lipinski definition) is 2. The summed E-state index contributed by atoms with van der Waals surface area (Å²) in [6.45, 7) is 4.76. The van der Waals surface area contributed by atoms with Crippen molar-refractivity contribution in [1.82, 2.24) is 9.13 Å². The Morgan fingerprint density at radius 3 is 1.51 bits per heavy atom. The minimum Gasteiger partial charge on any atom is -0.319 e. The van der Waals surface area contributed by atoms with E-state index < -0.39 is 0 Å². The topological polar surface area (TPSA) is 16.3 Å². The molecule has 0 unspecified atom stereocenters. The fraction of sp³-hybridized carbons (Fsp3) is 0.0526. The number of para-hydroxylation sites is 4. The lowest BCUT2D eigenvalue weighted by molar-refractivity contribution is 0.629. The molecule has 0 spiro atoms. The molecular weight excluding hydrogens is 741 g/mol. The third-order valence-corrected chi connectivity index (χ3v) is 12.8. The largest absolute Gasteiger partial charge is 0.319 e. The van der Waals surface area contributed by atoms with Gasteiger partial charge in [0.05, 0.1) is 28.1 Å². The van der Waals surface area contributed by atoms with Crippen LogP contribution in [0.15, 0.2) is 219 Å². The average molecular weight is 783 g/mol. The molecule has 0 amide bonds. The van der Waals surface area contributed by atoms with Gasteiger partial charge in [0.15, 0.2) is 0 Å². The van der Waals surface area contributed by atoms with Gasteiger partial charge in [-0.15, -0.1) is 0 Å². The Balaban J connectivity index is 1.17. The van der Waals surface area contributed by atoms with Crippen molar-refractivity contribution in [2.45, 2.75) is 19.3 Å². The fourth-order valence-corrected chi connectivity index (χ4v) is 9.87. The number of nitrogens with zero attached hydrogens (tertiary/aromatic N) is 4. The van der Waals surface area contributed by atoms with Gasteiger partial charge in [-0.3, -0.25) is 0 Å². The first-order chi connectivity index (χ1) is 30.0. The number of anilines is 6. The van der Waals surface area contributed by atoms with Gasteiger partial charge in [0.25, 0.3) is 0 Å². The zero-order valence-electron chi connectivity index (χ0n) is 34.1. The average Bonchev–Trinajstić information content (AvgIpc) is 3.89. The predicted molar refractivity (Wildman–Crippen MR) is 257 cm³/mol. The minimum atomic E-state index is -0.240. The highest BCUT2D eigenvalue weighted by Gasteiger charge is 2.36. The van der Waals surface area contributed by atoms with E-state index in [1.165, 1.54) is 60.2 Å². The van der Waals surface area contributed by atoms with Crippen molar-refractivity contribution in [3.63, 3.8) is 0 Å². The zero-order valence-corrected chi connectivity index (χ0v) is 34.1. The van der Waals surface area contributed by atoms with E-state index in [4.69, 9.17) is 0 Å². The highest BCUT2D eigenvalue weighted by Crippen LogP contribution is 2.51. The molecule has 2 aromatic heterocycles. The summed E-state index contributed by atoms with van der Waals surface area (Å²) in [5.41, 5.74) is 13.7. The van der Waals surface area contributed by atoms with Crippen molar-refractivity contribution in [1.29, 1.82) is 0 Å². The van der Waals surface area contributed by atoms with E-state index >= 15 is 0 Å². The van der Waals surface area contributed by atoms with Crippen LogP contribution in [0, 0.1) is 0 Å². The summed E-state index contributed by atoms with van der Waals surface area (Å²) in [6.07, 6.45) is 4.68. The highest BCUT2D eigenvalue weighted by atomic mass is 15.2. The number of benzene rings is 9. The summed E-state index contributed by atoms with van der Waals surface area (Å²) < 4.78 is 4.85. The molecule has 12 rings (SSSR count). The smallest absolute Gasteiger partial charge is 0.0886 e. The molecular formula is C57H42N4. The first-order valence-electron chi connectivity index (χ1n) is 21.1. The van der Waals surface area contributed by atoms with Crippen LogP contribution in [0.1, 0.15) is 25.0 Å². The lowest BCUT2D eigenvalue weighted by Gasteiger charge is -2.35. The van der Waals surface area contributed by atoms with Crippen molar-refractivity contribution in [2.24, 2.45) is 0 Å². The van der Waals surface area contributed by atoms with E-state index in [1.807, 2.05) is 0 Å². The molecule has 0 saturated heterocycles. The van der Waals surface area contributed by atoms with Gasteiger partial charge in [-0.05, 0) is 105 Å². The van der Waals surface area contributed by atoms with E-state index in [0.717, 1.165) is 39.8 Å². The molecule has 0 fully saturated rings. The summed E-state index contributed by atoms with van der Waals surface area (Å²) in [5, 5.41) is 7.32. The minimum absolute atomic E-state index is 0.240. The Morgan fingerprint density at radius 2 is 0.902 bits per heavy atom. The molecule has 0 N–H and O–H groups in total. The molecule has 3 heterocycles. The lowest BCUT2D eigenvalue weighted by atomic mass is 9.74. The van der Waals surface area contributed by atoms with Gasteiger partial charge in [-0.25, -0.2) is 0 Å². The maximum Gasteiger partial charge on any atom is 0.0886 e. The van der Waals surface area contributed by atoms with E-state index in [2.05, 4.69) is 251 Å². The monoisotopic (exact) mass is 782 g/mol. The molecule has 290 valence electrons. The number of hydrogen-bond donors (Lipinski definition) is 0. The molecule has 0 bridgehead atoms.